The molecule has 0 bridgehead atoms. The van der Waals surface area contributed by atoms with Crippen LogP contribution in [0.4, 0.5) is 0 Å². The van der Waals surface area contributed by atoms with Crippen molar-refractivity contribution in [3.05, 3.63) is 72.1 Å². The first-order chi connectivity index (χ1) is 11.3. The molecule has 0 unspecified atom stereocenters. The van der Waals surface area contributed by atoms with Crippen LogP contribution in [-0.4, -0.2) is 14.8 Å². The molecule has 0 saturated heterocycles. The van der Waals surface area contributed by atoms with Crippen LogP contribution in [0.5, 0.6) is 0 Å². The second-order valence-electron chi connectivity index (χ2n) is 5.51. The standard InChI is InChI=1S/C19H17N3O/c1-2-15-13-23-19(20-15)18-16-10-6-7-11-17(16)22(21-18)12-14-8-4-3-5-9-14/h3-11,13H,2,12H2,1H3. The topological polar surface area (TPSA) is 43.9 Å². The van der Waals surface area contributed by atoms with Gasteiger partial charge in [0.25, 0.3) is 0 Å². The molecule has 0 spiro atoms. The summed E-state index contributed by atoms with van der Waals surface area (Å²) in [6.45, 7) is 2.79. The highest BCUT2D eigenvalue weighted by atomic mass is 16.3. The van der Waals surface area contributed by atoms with Crippen molar-refractivity contribution in [1.29, 1.82) is 0 Å². The van der Waals surface area contributed by atoms with Crippen LogP contribution in [0.15, 0.2) is 65.3 Å². The SMILES string of the molecule is CCc1coc(-c2nn(Cc3ccccc3)c3ccccc23)n1. The summed E-state index contributed by atoms with van der Waals surface area (Å²) in [4.78, 5) is 4.53. The summed E-state index contributed by atoms with van der Waals surface area (Å²) in [6, 6.07) is 18.5. The molecule has 2 aromatic heterocycles. The first-order valence-corrected chi connectivity index (χ1v) is 7.79. The molecule has 114 valence electrons. The number of fused-ring (bicyclic) bond motifs is 1. The maximum absolute atomic E-state index is 5.63. The molecule has 4 rings (SSSR count). The summed E-state index contributed by atoms with van der Waals surface area (Å²) in [6.07, 6.45) is 2.56. The highest BCUT2D eigenvalue weighted by Gasteiger charge is 2.16. The predicted octanol–water partition coefficient (Wildman–Crippen LogP) is 4.30. The molecule has 4 aromatic rings. The minimum atomic E-state index is 0.588. The van der Waals surface area contributed by atoms with Crippen molar-refractivity contribution < 1.29 is 4.42 Å². The largest absolute Gasteiger partial charge is 0.443 e. The molecule has 0 saturated carbocycles. The lowest BCUT2D eigenvalue weighted by Gasteiger charge is -2.03. The molecule has 4 nitrogen and oxygen atoms in total. The van der Waals surface area contributed by atoms with Crippen molar-refractivity contribution >= 4 is 10.9 Å². The molecule has 2 aromatic carbocycles. The Balaban J connectivity index is 1.83. The highest BCUT2D eigenvalue weighted by molar-refractivity contribution is 5.91. The van der Waals surface area contributed by atoms with E-state index in [1.54, 1.807) is 6.26 Å². The van der Waals surface area contributed by atoms with E-state index in [0.717, 1.165) is 35.3 Å². The molecule has 0 aliphatic heterocycles. The average Bonchev–Trinajstić information content (AvgIpc) is 3.21. The van der Waals surface area contributed by atoms with Crippen molar-refractivity contribution in [1.82, 2.24) is 14.8 Å². The van der Waals surface area contributed by atoms with Crippen molar-refractivity contribution in [2.45, 2.75) is 19.9 Å². The van der Waals surface area contributed by atoms with E-state index in [0.29, 0.717) is 5.89 Å². The summed E-state index contributed by atoms with van der Waals surface area (Å²) >= 11 is 0. The van der Waals surface area contributed by atoms with E-state index in [-0.39, 0.29) is 0 Å². The fourth-order valence-electron chi connectivity index (χ4n) is 2.74. The Hall–Kier alpha value is -2.88. The third-order valence-electron chi connectivity index (χ3n) is 3.95. The van der Waals surface area contributed by atoms with Gasteiger partial charge < -0.3 is 4.42 Å². The Morgan fingerprint density at radius 1 is 1.00 bits per heavy atom. The van der Waals surface area contributed by atoms with Crippen LogP contribution in [0, 0.1) is 0 Å². The average molecular weight is 303 g/mol. The number of nitrogens with zero attached hydrogens (tertiary/aromatic N) is 3. The van der Waals surface area contributed by atoms with Crippen molar-refractivity contribution in [2.24, 2.45) is 0 Å². The van der Waals surface area contributed by atoms with Crippen molar-refractivity contribution in [3.8, 4) is 11.6 Å². The molecule has 2 heterocycles. The zero-order valence-electron chi connectivity index (χ0n) is 12.9. The van der Waals surface area contributed by atoms with Crippen LogP contribution >= 0.6 is 0 Å². The molecule has 0 aliphatic carbocycles. The van der Waals surface area contributed by atoms with Gasteiger partial charge in [-0.3, -0.25) is 4.68 Å². The maximum Gasteiger partial charge on any atom is 0.247 e. The van der Waals surface area contributed by atoms with E-state index in [4.69, 9.17) is 9.52 Å². The minimum Gasteiger partial charge on any atom is -0.443 e. The number of para-hydroxylation sites is 1. The minimum absolute atomic E-state index is 0.588. The van der Waals surface area contributed by atoms with Gasteiger partial charge in [-0.05, 0) is 18.1 Å². The fraction of sp³-hybridized carbons (Fsp3) is 0.158. The normalized spacial score (nSPS) is 11.2. The molecule has 0 radical (unpaired) electrons. The Morgan fingerprint density at radius 2 is 1.78 bits per heavy atom. The fourth-order valence-corrected chi connectivity index (χ4v) is 2.74. The number of benzene rings is 2. The molecule has 0 N–H and O–H groups in total. The quantitative estimate of drug-likeness (QED) is 0.564. The van der Waals surface area contributed by atoms with Gasteiger partial charge in [0, 0.05) is 5.39 Å². The van der Waals surface area contributed by atoms with Gasteiger partial charge in [0.15, 0.2) is 5.69 Å². The van der Waals surface area contributed by atoms with Crippen LogP contribution in [0.2, 0.25) is 0 Å². The van der Waals surface area contributed by atoms with Gasteiger partial charge in [0.1, 0.15) is 6.26 Å². The van der Waals surface area contributed by atoms with Crippen molar-refractivity contribution in [3.63, 3.8) is 0 Å². The second kappa shape index (κ2) is 5.72. The molecule has 0 amide bonds. The van der Waals surface area contributed by atoms with E-state index < -0.39 is 0 Å². The van der Waals surface area contributed by atoms with E-state index in [2.05, 4.69) is 36.2 Å². The monoisotopic (exact) mass is 303 g/mol. The number of hydrogen-bond donors (Lipinski definition) is 0. The zero-order chi connectivity index (χ0) is 15.6. The Morgan fingerprint density at radius 3 is 2.57 bits per heavy atom. The highest BCUT2D eigenvalue weighted by Crippen LogP contribution is 2.28. The molecule has 0 atom stereocenters. The lowest BCUT2D eigenvalue weighted by Crippen LogP contribution is -2.01. The van der Waals surface area contributed by atoms with Gasteiger partial charge in [-0.15, -0.1) is 0 Å². The van der Waals surface area contributed by atoms with Crippen LogP contribution in [-0.2, 0) is 13.0 Å². The number of hydrogen-bond acceptors (Lipinski definition) is 3. The zero-order valence-corrected chi connectivity index (χ0v) is 12.9. The summed E-state index contributed by atoms with van der Waals surface area (Å²) in [7, 11) is 0. The summed E-state index contributed by atoms with van der Waals surface area (Å²) in [5.41, 5.74) is 4.05. The molecule has 0 aliphatic rings. The molecule has 0 fully saturated rings. The summed E-state index contributed by atoms with van der Waals surface area (Å²) in [5, 5.41) is 5.83. The van der Waals surface area contributed by atoms with Gasteiger partial charge in [-0.25, -0.2) is 4.98 Å². The molecular formula is C19H17N3O. The lowest BCUT2D eigenvalue weighted by molar-refractivity contribution is 0.567. The first-order valence-electron chi connectivity index (χ1n) is 7.79. The van der Waals surface area contributed by atoms with Crippen molar-refractivity contribution in [2.75, 3.05) is 0 Å². The van der Waals surface area contributed by atoms with Crippen LogP contribution < -0.4 is 0 Å². The van der Waals surface area contributed by atoms with Crippen LogP contribution in [0.1, 0.15) is 18.2 Å². The lowest BCUT2D eigenvalue weighted by atomic mass is 10.2. The number of oxazole rings is 1. The molecule has 4 heteroatoms. The van der Waals surface area contributed by atoms with Gasteiger partial charge in [0.2, 0.25) is 5.89 Å². The third-order valence-corrected chi connectivity index (χ3v) is 3.95. The molecular weight excluding hydrogens is 286 g/mol. The van der Waals surface area contributed by atoms with E-state index >= 15 is 0 Å². The third kappa shape index (κ3) is 2.52. The van der Waals surface area contributed by atoms with E-state index in [9.17, 15) is 0 Å². The first kappa shape index (κ1) is 13.8. The summed E-state index contributed by atoms with van der Waals surface area (Å²) in [5.74, 6) is 0.588. The Bertz CT molecular complexity index is 938. The second-order valence-corrected chi connectivity index (χ2v) is 5.51. The number of rotatable bonds is 4. The Kier molecular flexibility index (Phi) is 3.42. The summed E-state index contributed by atoms with van der Waals surface area (Å²) < 4.78 is 7.64. The van der Waals surface area contributed by atoms with E-state index in [1.165, 1.54) is 5.56 Å². The predicted molar refractivity (Wildman–Crippen MR) is 90.2 cm³/mol. The van der Waals surface area contributed by atoms with Gasteiger partial charge in [-0.1, -0.05) is 55.5 Å². The van der Waals surface area contributed by atoms with Gasteiger partial charge in [-0.2, -0.15) is 5.10 Å². The van der Waals surface area contributed by atoms with Crippen LogP contribution in [0.3, 0.4) is 0 Å². The van der Waals surface area contributed by atoms with E-state index in [1.807, 2.05) is 35.0 Å². The van der Waals surface area contributed by atoms with Gasteiger partial charge >= 0.3 is 0 Å². The van der Waals surface area contributed by atoms with Crippen LogP contribution in [0.25, 0.3) is 22.5 Å². The molecule has 23 heavy (non-hydrogen) atoms. The van der Waals surface area contributed by atoms with Gasteiger partial charge in [0.05, 0.1) is 17.8 Å². The number of aryl methyl sites for hydroxylation is 1. The maximum atomic E-state index is 5.63. The Labute approximate surface area is 134 Å². The smallest absolute Gasteiger partial charge is 0.247 e. The number of aromatic nitrogens is 3.